The van der Waals surface area contributed by atoms with Crippen LogP contribution < -0.4 is 5.32 Å². The van der Waals surface area contributed by atoms with Gasteiger partial charge in [-0.3, -0.25) is 4.79 Å². The van der Waals surface area contributed by atoms with Crippen molar-refractivity contribution < 1.29 is 4.79 Å². The summed E-state index contributed by atoms with van der Waals surface area (Å²) in [4.78, 5) is 13.2. The maximum absolute atomic E-state index is 13.2. The van der Waals surface area contributed by atoms with Gasteiger partial charge in [0.2, 0.25) is 0 Å². The van der Waals surface area contributed by atoms with Crippen LogP contribution in [0.1, 0.15) is 62.6 Å². The SMILES string of the molecule is CCC(C(=O)Nc1c(C)cc(C)cc1C)[P+]1(CC)CCCCCC1. The van der Waals surface area contributed by atoms with Crippen LogP contribution in [0.25, 0.3) is 0 Å². The number of aryl methyl sites for hydroxylation is 3. The van der Waals surface area contributed by atoms with Crippen molar-refractivity contribution in [2.75, 3.05) is 23.8 Å². The minimum absolute atomic E-state index is 0.237. The van der Waals surface area contributed by atoms with E-state index in [2.05, 4.69) is 52.1 Å². The second kappa shape index (κ2) is 8.48. The van der Waals surface area contributed by atoms with Crippen molar-refractivity contribution in [3.63, 3.8) is 0 Å². The molecule has 2 nitrogen and oxygen atoms in total. The second-order valence-electron chi connectivity index (χ2n) is 7.58. The first-order valence-electron chi connectivity index (χ1n) is 9.68. The molecule has 1 aromatic rings. The van der Waals surface area contributed by atoms with E-state index in [4.69, 9.17) is 0 Å². The molecule has 0 bridgehead atoms. The fraction of sp³-hybridized carbons (Fsp3) is 0.667. The van der Waals surface area contributed by atoms with Gasteiger partial charge in [-0.25, -0.2) is 0 Å². The van der Waals surface area contributed by atoms with Gasteiger partial charge in [-0.05, 0) is 70.9 Å². The summed E-state index contributed by atoms with van der Waals surface area (Å²) in [5.74, 6) is 0.282. The minimum atomic E-state index is -1.17. The van der Waals surface area contributed by atoms with Crippen LogP contribution >= 0.6 is 7.26 Å². The molecule has 3 heteroatoms. The van der Waals surface area contributed by atoms with Crippen LogP contribution in [-0.4, -0.2) is 30.1 Å². The summed E-state index contributed by atoms with van der Waals surface area (Å²) >= 11 is 0. The molecule has 0 spiro atoms. The zero-order chi connectivity index (χ0) is 17.7. The Labute approximate surface area is 149 Å². The highest BCUT2D eigenvalue weighted by molar-refractivity contribution is 7.77. The number of carbonyl (C=O) groups is 1. The third-order valence-corrected chi connectivity index (χ3v) is 11.5. The molecule has 0 aliphatic carbocycles. The molecule has 1 fully saturated rings. The summed E-state index contributed by atoms with van der Waals surface area (Å²) in [5.41, 5.74) is 4.89. The molecule has 2 rings (SSSR count). The van der Waals surface area contributed by atoms with E-state index >= 15 is 0 Å². The van der Waals surface area contributed by atoms with E-state index in [-0.39, 0.29) is 11.6 Å². The van der Waals surface area contributed by atoms with Gasteiger partial charge in [0.05, 0.1) is 18.5 Å². The van der Waals surface area contributed by atoms with Gasteiger partial charge < -0.3 is 5.32 Å². The summed E-state index contributed by atoms with van der Waals surface area (Å²) in [6.07, 6.45) is 10.2. The first-order valence-corrected chi connectivity index (χ1v) is 12.1. The highest BCUT2D eigenvalue weighted by Gasteiger charge is 2.47. The summed E-state index contributed by atoms with van der Waals surface area (Å²) in [6.45, 7) is 10.9. The highest BCUT2D eigenvalue weighted by Crippen LogP contribution is 2.66. The molecule has 1 heterocycles. The fourth-order valence-corrected chi connectivity index (χ4v) is 9.54. The van der Waals surface area contributed by atoms with Crippen LogP contribution in [0.4, 0.5) is 5.69 Å². The number of anilines is 1. The number of carbonyl (C=O) groups excluding carboxylic acids is 1. The fourth-order valence-electron chi connectivity index (χ4n) is 4.57. The van der Waals surface area contributed by atoms with Crippen LogP contribution in [0.5, 0.6) is 0 Å². The monoisotopic (exact) mass is 348 g/mol. The van der Waals surface area contributed by atoms with Crippen LogP contribution in [0.3, 0.4) is 0 Å². The molecule has 1 saturated heterocycles. The first kappa shape index (κ1) is 19.4. The van der Waals surface area contributed by atoms with Crippen LogP contribution in [0.15, 0.2) is 12.1 Å². The predicted octanol–water partition coefficient (Wildman–Crippen LogP) is 5.94. The molecule has 0 aromatic heterocycles. The van der Waals surface area contributed by atoms with Crippen LogP contribution in [0, 0.1) is 20.8 Å². The third-order valence-electron chi connectivity index (χ3n) is 5.86. The molecule has 1 aliphatic heterocycles. The summed E-state index contributed by atoms with van der Waals surface area (Å²) in [5, 5.41) is 3.32. The molecule has 134 valence electrons. The quantitative estimate of drug-likeness (QED) is 0.655. The lowest BCUT2D eigenvalue weighted by Crippen LogP contribution is -2.33. The third kappa shape index (κ3) is 4.20. The number of nitrogens with one attached hydrogen (secondary N) is 1. The van der Waals surface area contributed by atoms with Crippen LogP contribution in [0.2, 0.25) is 0 Å². The van der Waals surface area contributed by atoms with Gasteiger partial charge >= 0.3 is 0 Å². The predicted molar refractivity (Wildman–Crippen MR) is 109 cm³/mol. The topological polar surface area (TPSA) is 29.1 Å². The van der Waals surface area contributed by atoms with Gasteiger partial charge in [0.25, 0.3) is 5.91 Å². The van der Waals surface area contributed by atoms with E-state index < -0.39 is 7.26 Å². The Morgan fingerprint density at radius 2 is 1.58 bits per heavy atom. The minimum Gasteiger partial charge on any atom is -0.322 e. The maximum Gasteiger partial charge on any atom is 0.265 e. The molecule has 0 radical (unpaired) electrons. The Morgan fingerprint density at radius 1 is 1.04 bits per heavy atom. The molecule has 0 saturated carbocycles. The Bertz CT molecular complexity index is 550. The van der Waals surface area contributed by atoms with Crippen molar-refractivity contribution in [1.82, 2.24) is 0 Å². The number of benzene rings is 1. The Kier molecular flexibility index (Phi) is 6.87. The van der Waals surface area contributed by atoms with Gasteiger partial charge in [0.1, 0.15) is 5.66 Å². The zero-order valence-electron chi connectivity index (χ0n) is 16.2. The Morgan fingerprint density at radius 3 is 2.04 bits per heavy atom. The Balaban J connectivity index is 2.25. The van der Waals surface area contributed by atoms with E-state index in [0.29, 0.717) is 0 Å². The van der Waals surface area contributed by atoms with E-state index in [0.717, 1.165) is 12.1 Å². The van der Waals surface area contributed by atoms with Gasteiger partial charge in [-0.1, -0.05) is 24.6 Å². The lowest BCUT2D eigenvalue weighted by molar-refractivity contribution is -0.115. The van der Waals surface area contributed by atoms with E-state index in [9.17, 15) is 4.79 Å². The lowest BCUT2D eigenvalue weighted by Gasteiger charge is -2.32. The standard InChI is InChI=1S/C21H34NOP/c1-6-19(24(7-2)12-10-8-9-11-13-24)21(23)22-20-17(4)14-16(3)15-18(20)5/h14-15,19H,6-13H2,1-5H3/p+1. The van der Waals surface area contributed by atoms with Crippen molar-refractivity contribution in [1.29, 1.82) is 0 Å². The number of hydrogen-bond acceptors (Lipinski definition) is 1. The summed E-state index contributed by atoms with van der Waals surface area (Å²) in [6, 6.07) is 4.33. The van der Waals surface area contributed by atoms with Crippen molar-refractivity contribution in [2.45, 2.75) is 72.4 Å². The molecule has 1 atom stereocenters. The average Bonchev–Trinajstić information content (AvgIpc) is 2.78. The Hall–Kier alpha value is -0.880. The summed E-state index contributed by atoms with van der Waals surface area (Å²) < 4.78 is 0. The number of hydrogen-bond donors (Lipinski definition) is 1. The van der Waals surface area contributed by atoms with Crippen LogP contribution in [-0.2, 0) is 4.79 Å². The molecular formula is C21H35NOP+. The molecule has 24 heavy (non-hydrogen) atoms. The highest BCUT2D eigenvalue weighted by atomic mass is 31.2. The molecule has 1 unspecified atom stereocenters. The molecule has 1 aliphatic rings. The van der Waals surface area contributed by atoms with E-state index in [1.807, 2.05) is 0 Å². The van der Waals surface area contributed by atoms with Crippen molar-refractivity contribution in [3.05, 3.63) is 28.8 Å². The molecule has 1 aromatic carbocycles. The molecular weight excluding hydrogens is 313 g/mol. The van der Waals surface area contributed by atoms with Gasteiger partial charge in [-0.2, -0.15) is 0 Å². The van der Waals surface area contributed by atoms with E-state index in [1.54, 1.807) is 0 Å². The van der Waals surface area contributed by atoms with Crippen molar-refractivity contribution in [2.24, 2.45) is 0 Å². The largest absolute Gasteiger partial charge is 0.322 e. The zero-order valence-corrected chi connectivity index (χ0v) is 17.1. The second-order valence-corrected chi connectivity index (χ2v) is 12.2. The normalized spacial score (nSPS) is 18.7. The van der Waals surface area contributed by atoms with Gasteiger partial charge in [0.15, 0.2) is 0 Å². The van der Waals surface area contributed by atoms with Gasteiger partial charge in [-0.15, -0.1) is 0 Å². The van der Waals surface area contributed by atoms with Crippen molar-refractivity contribution >= 4 is 18.9 Å². The maximum atomic E-state index is 13.2. The average molecular weight is 348 g/mol. The molecule has 1 amide bonds. The lowest BCUT2D eigenvalue weighted by atomic mass is 10.0. The number of amides is 1. The van der Waals surface area contributed by atoms with Gasteiger partial charge in [0, 0.05) is 12.9 Å². The smallest absolute Gasteiger partial charge is 0.265 e. The summed E-state index contributed by atoms with van der Waals surface area (Å²) in [7, 11) is -1.17. The number of rotatable bonds is 5. The molecule has 1 N–H and O–H groups in total. The van der Waals surface area contributed by atoms with E-state index in [1.165, 1.54) is 60.9 Å². The van der Waals surface area contributed by atoms with Crippen molar-refractivity contribution in [3.8, 4) is 0 Å². The first-order chi connectivity index (χ1) is 11.4.